The van der Waals surface area contributed by atoms with E-state index in [0.29, 0.717) is 18.1 Å². The molecule has 2 fully saturated rings. The van der Waals surface area contributed by atoms with Crippen molar-refractivity contribution >= 4 is 0 Å². The molecule has 4 rings (SSSR count). The molecule has 2 aromatic heterocycles. The van der Waals surface area contributed by atoms with Crippen LogP contribution in [-0.2, 0) is 16.8 Å². The third-order valence-electron chi connectivity index (χ3n) is 5.44. The van der Waals surface area contributed by atoms with Crippen LogP contribution in [0, 0.1) is 0 Å². The summed E-state index contributed by atoms with van der Waals surface area (Å²) in [5, 5.41) is 14.2. The number of nitrogens with zero attached hydrogens (tertiary/aromatic N) is 4. The number of aliphatic hydroxyl groups is 1. The Balaban J connectivity index is 1.77. The highest BCUT2D eigenvalue weighted by molar-refractivity contribution is 5.46. The molecule has 3 heterocycles. The van der Waals surface area contributed by atoms with Crippen molar-refractivity contribution in [3.8, 4) is 11.6 Å². The molecule has 1 saturated carbocycles. The Bertz CT molecular complexity index is 671. The minimum absolute atomic E-state index is 0.0488. The number of ether oxygens (including phenoxy) is 1. The first-order valence-corrected chi connectivity index (χ1v) is 9.26. The zero-order valence-electron chi connectivity index (χ0n) is 14.6. The summed E-state index contributed by atoms with van der Waals surface area (Å²) in [6.45, 7) is 3.87. The van der Waals surface area contributed by atoms with Crippen LogP contribution < -0.4 is 0 Å². The molecule has 0 aromatic carbocycles. The summed E-state index contributed by atoms with van der Waals surface area (Å²) >= 11 is 0. The number of hydrogen-bond acceptors (Lipinski definition) is 6. The minimum Gasteiger partial charge on any atom is -0.461 e. The summed E-state index contributed by atoms with van der Waals surface area (Å²) in [6, 6.07) is 3.73. The van der Waals surface area contributed by atoms with Crippen LogP contribution >= 0.6 is 0 Å². The van der Waals surface area contributed by atoms with E-state index >= 15 is 0 Å². The van der Waals surface area contributed by atoms with E-state index in [4.69, 9.17) is 14.1 Å². The van der Waals surface area contributed by atoms with Gasteiger partial charge in [-0.25, -0.2) is 9.67 Å². The van der Waals surface area contributed by atoms with E-state index in [-0.39, 0.29) is 12.1 Å². The Morgan fingerprint density at radius 3 is 2.64 bits per heavy atom. The first kappa shape index (κ1) is 16.8. The first-order valence-electron chi connectivity index (χ1n) is 9.26. The second kappa shape index (κ2) is 7.27. The Labute approximate surface area is 147 Å². The van der Waals surface area contributed by atoms with Gasteiger partial charge in [0.25, 0.3) is 0 Å². The average molecular weight is 346 g/mol. The molecule has 0 unspecified atom stereocenters. The largest absolute Gasteiger partial charge is 0.461 e. The van der Waals surface area contributed by atoms with Crippen molar-refractivity contribution < 1.29 is 14.3 Å². The second-order valence-corrected chi connectivity index (χ2v) is 6.87. The average Bonchev–Trinajstić information content (AvgIpc) is 3.33. The lowest BCUT2D eigenvalue weighted by Crippen LogP contribution is -2.53. The molecule has 0 amide bonds. The van der Waals surface area contributed by atoms with Gasteiger partial charge in [0.1, 0.15) is 5.82 Å². The second-order valence-electron chi connectivity index (χ2n) is 6.87. The normalized spacial score (nSPS) is 21.5. The predicted octanol–water partition coefficient (Wildman–Crippen LogP) is 2.02. The van der Waals surface area contributed by atoms with Crippen molar-refractivity contribution in [2.75, 3.05) is 32.9 Å². The third-order valence-corrected chi connectivity index (χ3v) is 5.44. The van der Waals surface area contributed by atoms with Gasteiger partial charge in [-0.05, 0) is 25.0 Å². The van der Waals surface area contributed by atoms with Crippen LogP contribution in [0.3, 0.4) is 0 Å². The summed E-state index contributed by atoms with van der Waals surface area (Å²) in [5.41, 5.74) is -0.116. The van der Waals surface area contributed by atoms with Crippen molar-refractivity contribution in [1.29, 1.82) is 0 Å². The van der Waals surface area contributed by atoms with Gasteiger partial charge in [-0.15, -0.1) is 5.10 Å². The van der Waals surface area contributed by atoms with Crippen LogP contribution in [0.5, 0.6) is 0 Å². The molecule has 2 aliphatic rings. The predicted molar refractivity (Wildman–Crippen MR) is 92.0 cm³/mol. The standard InChI is InChI=1S/C18H26N4O3/c23-11-8-22-17(19-16(20-22)15-5-4-12-25-15)18(6-2-1-3-7-18)21-9-13-24-14-10-21/h4-5,12,23H,1-3,6-11,13-14H2. The first-order chi connectivity index (χ1) is 12.3. The molecular weight excluding hydrogens is 320 g/mol. The topological polar surface area (TPSA) is 76.5 Å². The van der Waals surface area contributed by atoms with E-state index in [2.05, 4.69) is 10.00 Å². The summed E-state index contributed by atoms with van der Waals surface area (Å²) in [6.07, 6.45) is 7.45. The lowest BCUT2D eigenvalue weighted by molar-refractivity contribution is -0.0462. The molecule has 1 saturated heterocycles. The maximum atomic E-state index is 9.53. The maximum absolute atomic E-state index is 9.53. The van der Waals surface area contributed by atoms with Crippen molar-refractivity contribution in [3.63, 3.8) is 0 Å². The van der Waals surface area contributed by atoms with Crippen LogP contribution in [0.15, 0.2) is 22.8 Å². The molecule has 0 spiro atoms. The summed E-state index contributed by atoms with van der Waals surface area (Å²) < 4.78 is 13.0. The van der Waals surface area contributed by atoms with Crippen LogP contribution in [-0.4, -0.2) is 57.7 Å². The Kier molecular flexibility index (Phi) is 4.87. The number of hydrogen-bond donors (Lipinski definition) is 1. The lowest BCUT2D eigenvalue weighted by Gasteiger charge is -2.47. The number of morpholine rings is 1. The number of aliphatic hydroxyl groups excluding tert-OH is 1. The quantitative estimate of drug-likeness (QED) is 0.893. The van der Waals surface area contributed by atoms with Gasteiger partial charge < -0.3 is 14.3 Å². The smallest absolute Gasteiger partial charge is 0.217 e. The molecule has 136 valence electrons. The zero-order valence-corrected chi connectivity index (χ0v) is 14.6. The number of rotatable bonds is 5. The molecular formula is C18H26N4O3. The molecule has 25 heavy (non-hydrogen) atoms. The fraction of sp³-hybridized carbons (Fsp3) is 0.667. The molecule has 1 aliphatic carbocycles. The van der Waals surface area contributed by atoms with E-state index in [1.807, 2.05) is 16.8 Å². The van der Waals surface area contributed by atoms with E-state index in [0.717, 1.165) is 45.0 Å². The van der Waals surface area contributed by atoms with Crippen molar-refractivity contribution in [1.82, 2.24) is 19.7 Å². The molecule has 2 aromatic rings. The van der Waals surface area contributed by atoms with Crippen LogP contribution in [0.1, 0.15) is 37.9 Å². The van der Waals surface area contributed by atoms with Crippen LogP contribution in [0.4, 0.5) is 0 Å². The van der Waals surface area contributed by atoms with E-state index in [1.165, 1.54) is 19.3 Å². The van der Waals surface area contributed by atoms with Gasteiger partial charge in [0, 0.05) is 13.1 Å². The zero-order chi connectivity index (χ0) is 17.1. The number of aromatic nitrogens is 3. The lowest BCUT2D eigenvalue weighted by atomic mass is 9.79. The monoisotopic (exact) mass is 346 g/mol. The highest BCUT2D eigenvalue weighted by Crippen LogP contribution is 2.42. The maximum Gasteiger partial charge on any atom is 0.217 e. The molecule has 0 atom stereocenters. The van der Waals surface area contributed by atoms with E-state index in [1.54, 1.807) is 6.26 Å². The highest BCUT2D eigenvalue weighted by atomic mass is 16.5. The third kappa shape index (κ3) is 3.12. The van der Waals surface area contributed by atoms with Crippen LogP contribution in [0.2, 0.25) is 0 Å². The van der Waals surface area contributed by atoms with Crippen LogP contribution in [0.25, 0.3) is 11.6 Å². The molecule has 1 N–H and O–H groups in total. The van der Waals surface area contributed by atoms with Gasteiger partial charge in [0.2, 0.25) is 5.82 Å². The Morgan fingerprint density at radius 1 is 1.16 bits per heavy atom. The molecule has 0 radical (unpaired) electrons. The SMILES string of the molecule is OCCn1nc(-c2ccco2)nc1C1(N2CCOCC2)CCCCC1. The molecule has 7 heteroatoms. The Morgan fingerprint density at radius 2 is 1.96 bits per heavy atom. The minimum atomic E-state index is -0.116. The Hall–Kier alpha value is -1.70. The summed E-state index contributed by atoms with van der Waals surface area (Å²) in [5.74, 6) is 2.24. The van der Waals surface area contributed by atoms with Gasteiger partial charge in [-0.3, -0.25) is 4.90 Å². The van der Waals surface area contributed by atoms with Gasteiger partial charge in [0.15, 0.2) is 5.76 Å². The summed E-state index contributed by atoms with van der Waals surface area (Å²) in [4.78, 5) is 7.43. The van der Waals surface area contributed by atoms with Gasteiger partial charge in [-0.1, -0.05) is 19.3 Å². The van der Waals surface area contributed by atoms with Gasteiger partial charge >= 0.3 is 0 Å². The van der Waals surface area contributed by atoms with Crippen molar-refractivity contribution in [2.45, 2.75) is 44.2 Å². The van der Waals surface area contributed by atoms with E-state index in [9.17, 15) is 5.11 Å². The van der Waals surface area contributed by atoms with Crippen molar-refractivity contribution in [3.05, 3.63) is 24.2 Å². The van der Waals surface area contributed by atoms with E-state index < -0.39 is 0 Å². The number of furan rings is 1. The summed E-state index contributed by atoms with van der Waals surface area (Å²) in [7, 11) is 0. The fourth-order valence-corrected chi connectivity index (χ4v) is 4.26. The molecule has 7 nitrogen and oxygen atoms in total. The van der Waals surface area contributed by atoms with Crippen molar-refractivity contribution in [2.24, 2.45) is 0 Å². The molecule has 0 bridgehead atoms. The van der Waals surface area contributed by atoms with Gasteiger partial charge in [-0.2, -0.15) is 0 Å². The highest BCUT2D eigenvalue weighted by Gasteiger charge is 2.44. The van der Waals surface area contributed by atoms with Gasteiger partial charge in [0.05, 0.1) is 38.2 Å². The fourth-order valence-electron chi connectivity index (χ4n) is 4.26. The molecule has 1 aliphatic heterocycles.